The van der Waals surface area contributed by atoms with Gasteiger partial charge < -0.3 is 15.2 Å². The van der Waals surface area contributed by atoms with Gasteiger partial charge in [-0.15, -0.1) is 0 Å². The Bertz CT molecular complexity index is 255. The van der Waals surface area contributed by atoms with E-state index in [1.807, 2.05) is 7.05 Å². The van der Waals surface area contributed by atoms with E-state index in [9.17, 15) is 0 Å². The van der Waals surface area contributed by atoms with Gasteiger partial charge in [0.05, 0.1) is 0 Å². The molecule has 0 atom stereocenters. The highest BCUT2D eigenvalue weighted by molar-refractivity contribution is 5.67. The molecule has 1 aliphatic rings. The molecule has 1 aromatic rings. The van der Waals surface area contributed by atoms with Gasteiger partial charge in [0, 0.05) is 20.0 Å². The number of hydrogen-bond donors (Lipinski definition) is 1. The molecule has 4 heteroatoms. The van der Waals surface area contributed by atoms with Gasteiger partial charge in [-0.3, -0.25) is 0 Å². The van der Waals surface area contributed by atoms with E-state index in [0.717, 1.165) is 24.4 Å². The van der Waals surface area contributed by atoms with E-state index in [-0.39, 0.29) is 0 Å². The maximum absolute atomic E-state index is 5.54. The van der Waals surface area contributed by atoms with Crippen molar-refractivity contribution in [2.45, 2.75) is 6.42 Å². The predicted molar refractivity (Wildman–Crippen MR) is 37.9 cm³/mol. The highest BCUT2D eigenvalue weighted by Crippen LogP contribution is 2.31. The summed E-state index contributed by atoms with van der Waals surface area (Å²) in [5.74, 6) is 1.43. The summed E-state index contributed by atoms with van der Waals surface area (Å²) in [5, 5.41) is 3.65. The van der Waals surface area contributed by atoms with Crippen molar-refractivity contribution < 1.29 is 4.52 Å². The van der Waals surface area contributed by atoms with Crippen molar-refractivity contribution in [3.05, 3.63) is 5.76 Å². The Balaban J connectivity index is 2.54. The quantitative estimate of drug-likeness (QED) is 0.559. The van der Waals surface area contributed by atoms with Crippen LogP contribution in [0.15, 0.2) is 4.52 Å². The fourth-order valence-corrected chi connectivity index (χ4v) is 1.29. The Morgan fingerprint density at radius 1 is 1.70 bits per heavy atom. The van der Waals surface area contributed by atoms with E-state index in [1.165, 1.54) is 0 Å². The lowest BCUT2D eigenvalue weighted by molar-refractivity contribution is 0.392. The third kappa shape index (κ3) is 0.531. The molecule has 0 saturated carbocycles. The summed E-state index contributed by atoms with van der Waals surface area (Å²) in [6.45, 7) is 0.987. The van der Waals surface area contributed by atoms with Gasteiger partial charge >= 0.3 is 0 Å². The minimum atomic E-state index is 0.509. The van der Waals surface area contributed by atoms with E-state index in [4.69, 9.17) is 10.3 Å². The Kier molecular flexibility index (Phi) is 0.922. The zero-order valence-corrected chi connectivity index (χ0v) is 5.79. The summed E-state index contributed by atoms with van der Waals surface area (Å²) in [7, 11) is 1.99. The van der Waals surface area contributed by atoms with Crippen LogP contribution < -0.4 is 10.6 Å². The lowest BCUT2D eigenvalue weighted by Crippen LogP contribution is -2.13. The average Bonchev–Trinajstić information content (AvgIpc) is 2.40. The normalized spacial score (nSPS) is 15.9. The first kappa shape index (κ1) is 5.58. The standard InChI is InChI=1S/C6H9N3O/c1-9-3-2-4-5(9)6(7)8-10-4/h2-3H2,1H3,(H2,7,8). The van der Waals surface area contributed by atoms with E-state index in [2.05, 4.69) is 10.1 Å². The smallest absolute Gasteiger partial charge is 0.190 e. The van der Waals surface area contributed by atoms with Gasteiger partial charge in [0.1, 0.15) is 5.69 Å². The molecule has 2 rings (SSSR count). The minimum absolute atomic E-state index is 0.509. The van der Waals surface area contributed by atoms with Crippen LogP contribution in [0.3, 0.4) is 0 Å². The van der Waals surface area contributed by atoms with Crippen molar-refractivity contribution >= 4 is 11.5 Å². The van der Waals surface area contributed by atoms with Gasteiger partial charge in [0.2, 0.25) is 0 Å². The molecule has 0 unspecified atom stereocenters. The van der Waals surface area contributed by atoms with Gasteiger partial charge in [-0.2, -0.15) is 0 Å². The molecule has 1 aromatic heterocycles. The molecule has 0 radical (unpaired) electrons. The fourth-order valence-electron chi connectivity index (χ4n) is 1.29. The lowest BCUT2D eigenvalue weighted by atomic mass is 10.4. The maximum Gasteiger partial charge on any atom is 0.190 e. The number of fused-ring (bicyclic) bond motifs is 1. The van der Waals surface area contributed by atoms with E-state index in [1.54, 1.807) is 0 Å². The topological polar surface area (TPSA) is 55.3 Å². The van der Waals surface area contributed by atoms with Gasteiger partial charge in [-0.25, -0.2) is 0 Å². The molecule has 0 aromatic carbocycles. The minimum Gasteiger partial charge on any atom is -0.379 e. The zero-order chi connectivity index (χ0) is 7.14. The van der Waals surface area contributed by atoms with Crippen LogP contribution in [-0.4, -0.2) is 18.7 Å². The monoisotopic (exact) mass is 139 g/mol. The van der Waals surface area contributed by atoms with Gasteiger partial charge in [0.15, 0.2) is 11.6 Å². The van der Waals surface area contributed by atoms with E-state index >= 15 is 0 Å². The Labute approximate surface area is 58.6 Å². The Morgan fingerprint density at radius 2 is 2.50 bits per heavy atom. The van der Waals surface area contributed by atoms with Crippen LogP contribution >= 0.6 is 0 Å². The first-order valence-corrected chi connectivity index (χ1v) is 3.24. The molecule has 0 amide bonds. The summed E-state index contributed by atoms with van der Waals surface area (Å²) in [4.78, 5) is 2.06. The van der Waals surface area contributed by atoms with Crippen molar-refractivity contribution in [3.63, 3.8) is 0 Å². The van der Waals surface area contributed by atoms with Crippen LogP contribution in [0.4, 0.5) is 11.5 Å². The van der Waals surface area contributed by atoms with Crippen LogP contribution in [0.1, 0.15) is 5.76 Å². The largest absolute Gasteiger partial charge is 0.379 e. The molecule has 0 aliphatic carbocycles. The van der Waals surface area contributed by atoms with Gasteiger partial charge in [-0.05, 0) is 0 Å². The second-order valence-corrected chi connectivity index (χ2v) is 2.51. The highest BCUT2D eigenvalue weighted by Gasteiger charge is 2.23. The molecular formula is C6H9N3O. The number of likely N-dealkylation sites (N-methyl/N-ethyl adjacent to an activating group) is 1. The summed E-state index contributed by atoms with van der Waals surface area (Å²) in [6, 6.07) is 0. The summed E-state index contributed by atoms with van der Waals surface area (Å²) in [6.07, 6.45) is 0.927. The molecule has 4 nitrogen and oxygen atoms in total. The number of hydrogen-bond acceptors (Lipinski definition) is 4. The Hall–Kier alpha value is -1.19. The fraction of sp³-hybridized carbons (Fsp3) is 0.500. The summed E-state index contributed by atoms with van der Waals surface area (Å²) < 4.78 is 4.96. The van der Waals surface area contributed by atoms with Crippen molar-refractivity contribution in [1.82, 2.24) is 5.16 Å². The maximum atomic E-state index is 5.54. The second kappa shape index (κ2) is 1.65. The molecule has 0 bridgehead atoms. The summed E-state index contributed by atoms with van der Waals surface area (Å²) >= 11 is 0. The molecule has 2 N–H and O–H groups in total. The average molecular weight is 139 g/mol. The SMILES string of the molecule is CN1CCc2onc(N)c21. The van der Waals surface area contributed by atoms with Crippen LogP contribution in [0.5, 0.6) is 0 Å². The molecule has 10 heavy (non-hydrogen) atoms. The van der Waals surface area contributed by atoms with E-state index < -0.39 is 0 Å². The predicted octanol–water partition coefficient (Wildman–Crippen LogP) is 0.249. The zero-order valence-electron chi connectivity index (χ0n) is 5.79. The van der Waals surface area contributed by atoms with Crippen LogP contribution in [0.25, 0.3) is 0 Å². The van der Waals surface area contributed by atoms with Crippen LogP contribution in [0, 0.1) is 0 Å². The van der Waals surface area contributed by atoms with Crippen LogP contribution in [0.2, 0.25) is 0 Å². The number of nitrogen functional groups attached to an aromatic ring is 1. The van der Waals surface area contributed by atoms with Crippen molar-refractivity contribution in [2.75, 3.05) is 24.2 Å². The van der Waals surface area contributed by atoms with Crippen molar-refractivity contribution in [1.29, 1.82) is 0 Å². The molecule has 54 valence electrons. The first-order chi connectivity index (χ1) is 4.79. The number of anilines is 2. The second-order valence-electron chi connectivity index (χ2n) is 2.51. The molecule has 0 saturated heterocycles. The third-order valence-corrected chi connectivity index (χ3v) is 1.82. The third-order valence-electron chi connectivity index (χ3n) is 1.82. The molecule has 2 heterocycles. The highest BCUT2D eigenvalue weighted by atomic mass is 16.5. The lowest BCUT2D eigenvalue weighted by Gasteiger charge is -2.08. The molecule has 0 spiro atoms. The van der Waals surface area contributed by atoms with E-state index in [0.29, 0.717) is 5.82 Å². The first-order valence-electron chi connectivity index (χ1n) is 3.24. The molecule has 0 fully saturated rings. The molecular weight excluding hydrogens is 130 g/mol. The number of aromatic nitrogens is 1. The Morgan fingerprint density at radius 3 is 3.20 bits per heavy atom. The van der Waals surface area contributed by atoms with Gasteiger partial charge in [0.25, 0.3) is 0 Å². The van der Waals surface area contributed by atoms with Crippen molar-refractivity contribution in [3.8, 4) is 0 Å². The molecule has 1 aliphatic heterocycles. The number of rotatable bonds is 0. The van der Waals surface area contributed by atoms with Gasteiger partial charge in [-0.1, -0.05) is 5.16 Å². The summed E-state index contributed by atoms with van der Waals surface area (Å²) in [5.41, 5.74) is 6.51. The van der Waals surface area contributed by atoms with Crippen molar-refractivity contribution in [2.24, 2.45) is 0 Å². The van der Waals surface area contributed by atoms with Crippen LogP contribution in [-0.2, 0) is 6.42 Å². The number of nitrogens with two attached hydrogens (primary N) is 1. The number of nitrogens with zero attached hydrogens (tertiary/aromatic N) is 2.